The van der Waals surface area contributed by atoms with Gasteiger partial charge >= 0.3 is 11.9 Å². The number of fused-ring (bicyclic) bond motifs is 1. The van der Waals surface area contributed by atoms with Crippen LogP contribution < -0.4 is 10.6 Å². The minimum absolute atomic E-state index is 0.215. The fourth-order valence-corrected chi connectivity index (χ4v) is 3.27. The summed E-state index contributed by atoms with van der Waals surface area (Å²) in [5, 5.41) is 6.51. The number of anilines is 1. The van der Waals surface area contributed by atoms with Crippen molar-refractivity contribution >= 4 is 17.6 Å². The first-order valence-corrected chi connectivity index (χ1v) is 10.4. The van der Waals surface area contributed by atoms with Gasteiger partial charge in [-0.05, 0) is 62.9 Å². The number of rotatable bonds is 7. The molecule has 1 aliphatic heterocycles. The molecule has 6 heteroatoms. The van der Waals surface area contributed by atoms with Gasteiger partial charge < -0.3 is 20.1 Å². The van der Waals surface area contributed by atoms with Crippen LogP contribution in [0.25, 0.3) is 0 Å². The van der Waals surface area contributed by atoms with Crippen LogP contribution in [0.15, 0.2) is 48.5 Å². The monoisotopic (exact) mass is 410 g/mol. The molecule has 2 N–H and O–H groups in total. The summed E-state index contributed by atoms with van der Waals surface area (Å²) in [5.74, 6) is -0.541. The maximum atomic E-state index is 12.3. The number of carbonyl (C=O) groups excluding carboxylic acids is 2. The fourth-order valence-electron chi connectivity index (χ4n) is 3.27. The maximum absolute atomic E-state index is 12.3. The molecule has 0 fully saturated rings. The van der Waals surface area contributed by atoms with Crippen molar-refractivity contribution < 1.29 is 19.1 Å². The molecule has 30 heavy (non-hydrogen) atoms. The second kappa shape index (κ2) is 9.76. The van der Waals surface area contributed by atoms with Crippen molar-refractivity contribution in [2.24, 2.45) is 0 Å². The van der Waals surface area contributed by atoms with E-state index in [1.165, 1.54) is 5.56 Å². The van der Waals surface area contributed by atoms with Crippen LogP contribution >= 0.6 is 0 Å². The molecule has 2 aromatic carbocycles. The second-order valence-electron chi connectivity index (χ2n) is 8.44. The Morgan fingerprint density at radius 2 is 1.83 bits per heavy atom. The molecule has 1 atom stereocenters. The number of benzene rings is 2. The molecule has 3 rings (SSSR count). The molecule has 0 aliphatic carbocycles. The largest absolute Gasteiger partial charge is 0.463 e. The molecular formula is C24H30N2O4. The van der Waals surface area contributed by atoms with Crippen LogP contribution in [-0.4, -0.2) is 36.7 Å². The first-order chi connectivity index (χ1) is 14.3. The number of ether oxygens (including phenoxy) is 2. The van der Waals surface area contributed by atoms with Gasteiger partial charge in [0.25, 0.3) is 0 Å². The number of aryl methyl sites for hydroxylation is 1. The van der Waals surface area contributed by atoms with E-state index < -0.39 is 5.60 Å². The van der Waals surface area contributed by atoms with Gasteiger partial charge in [-0.3, -0.25) is 0 Å². The average Bonchev–Trinajstić information content (AvgIpc) is 2.72. The van der Waals surface area contributed by atoms with E-state index in [2.05, 4.69) is 16.7 Å². The van der Waals surface area contributed by atoms with E-state index in [9.17, 15) is 9.59 Å². The molecule has 0 saturated carbocycles. The van der Waals surface area contributed by atoms with Crippen LogP contribution in [0.4, 0.5) is 5.69 Å². The highest BCUT2D eigenvalue weighted by Crippen LogP contribution is 2.24. The van der Waals surface area contributed by atoms with Gasteiger partial charge in [0.2, 0.25) is 0 Å². The highest BCUT2D eigenvalue weighted by molar-refractivity contribution is 5.89. The Morgan fingerprint density at radius 1 is 1.10 bits per heavy atom. The number of para-hydroxylation sites is 1. The van der Waals surface area contributed by atoms with Gasteiger partial charge in [-0.15, -0.1) is 0 Å². The van der Waals surface area contributed by atoms with Gasteiger partial charge in [-0.1, -0.05) is 30.3 Å². The molecule has 0 aromatic heterocycles. The molecular weight excluding hydrogens is 380 g/mol. The molecule has 160 valence electrons. The summed E-state index contributed by atoms with van der Waals surface area (Å²) in [6, 6.07) is 15.1. The third-order valence-corrected chi connectivity index (χ3v) is 4.77. The number of hydrogen-bond donors (Lipinski definition) is 2. The number of nitrogens with one attached hydrogen (secondary N) is 2. The zero-order chi connectivity index (χ0) is 21.6. The molecule has 1 aliphatic rings. The zero-order valence-electron chi connectivity index (χ0n) is 17.9. The Kier molecular flexibility index (Phi) is 7.11. The Morgan fingerprint density at radius 3 is 2.57 bits per heavy atom. The average molecular weight is 411 g/mol. The predicted octanol–water partition coefficient (Wildman–Crippen LogP) is 3.70. The van der Waals surface area contributed by atoms with Gasteiger partial charge in [0.1, 0.15) is 18.2 Å². The van der Waals surface area contributed by atoms with E-state index in [1.807, 2.05) is 51.1 Å². The normalized spacial score (nSPS) is 15.6. The van der Waals surface area contributed by atoms with E-state index in [0.717, 1.165) is 24.1 Å². The van der Waals surface area contributed by atoms with E-state index in [-0.39, 0.29) is 18.0 Å². The van der Waals surface area contributed by atoms with Crippen molar-refractivity contribution in [1.29, 1.82) is 0 Å². The van der Waals surface area contributed by atoms with Crippen LogP contribution in [-0.2, 0) is 27.2 Å². The fraction of sp³-hybridized carbons (Fsp3) is 0.417. The molecule has 0 amide bonds. The van der Waals surface area contributed by atoms with Gasteiger partial charge in [0, 0.05) is 18.8 Å². The lowest BCUT2D eigenvalue weighted by atomic mass is 9.98. The topological polar surface area (TPSA) is 76.7 Å². The van der Waals surface area contributed by atoms with Crippen molar-refractivity contribution in [3.8, 4) is 0 Å². The molecule has 1 unspecified atom stereocenters. The van der Waals surface area contributed by atoms with Crippen LogP contribution in [0.1, 0.15) is 48.7 Å². The zero-order valence-corrected chi connectivity index (χ0v) is 17.9. The maximum Gasteiger partial charge on any atom is 0.338 e. The van der Waals surface area contributed by atoms with Gasteiger partial charge in [0.15, 0.2) is 0 Å². The van der Waals surface area contributed by atoms with Crippen LogP contribution in [0.3, 0.4) is 0 Å². The summed E-state index contributed by atoms with van der Waals surface area (Å²) < 4.78 is 10.8. The third kappa shape index (κ3) is 6.32. The van der Waals surface area contributed by atoms with E-state index in [1.54, 1.807) is 12.1 Å². The number of carbonyl (C=O) groups is 2. The summed E-state index contributed by atoms with van der Waals surface area (Å²) in [4.78, 5) is 24.3. The first kappa shape index (κ1) is 21.8. The Bertz CT molecular complexity index is 872. The lowest BCUT2D eigenvalue weighted by molar-refractivity contribution is -0.144. The number of esters is 2. The van der Waals surface area contributed by atoms with E-state index >= 15 is 0 Å². The Hall–Kier alpha value is -2.86. The molecule has 6 nitrogen and oxygen atoms in total. The second-order valence-corrected chi connectivity index (χ2v) is 8.44. The van der Waals surface area contributed by atoms with Gasteiger partial charge in [-0.2, -0.15) is 0 Å². The SMILES string of the molecule is CC(C)(C)OC(=O)c1ccc(CNCCOC(=O)C2CCc3ccccc3N2)cc1. The van der Waals surface area contributed by atoms with Crippen LogP contribution in [0.2, 0.25) is 0 Å². The molecule has 0 saturated heterocycles. The van der Waals surface area contributed by atoms with Gasteiger partial charge in [0.05, 0.1) is 5.56 Å². The molecule has 0 bridgehead atoms. The lowest BCUT2D eigenvalue weighted by Crippen LogP contribution is -2.36. The van der Waals surface area contributed by atoms with Crippen molar-refractivity contribution in [3.63, 3.8) is 0 Å². The summed E-state index contributed by atoms with van der Waals surface area (Å²) in [7, 11) is 0. The summed E-state index contributed by atoms with van der Waals surface area (Å²) in [5.41, 5.74) is 3.31. The number of hydrogen-bond acceptors (Lipinski definition) is 6. The van der Waals surface area contributed by atoms with Crippen LogP contribution in [0, 0.1) is 0 Å². The molecule has 1 heterocycles. The third-order valence-electron chi connectivity index (χ3n) is 4.77. The highest BCUT2D eigenvalue weighted by atomic mass is 16.6. The first-order valence-electron chi connectivity index (χ1n) is 10.4. The molecule has 2 aromatic rings. The Balaban J connectivity index is 1.35. The van der Waals surface area contributed by atoms with E-state index in [0.29, 0.717) is 25.3 Å². The summed E-state index contributed by atoms with van der Waals surface area (Å²) >= 11 is 0. The minimum Gasteiger partial charge on any atom is -0.463 e. The summed E-state index contributed by atoms with van der Waals surface area (Å²) in [6.07, 6.45) is 1.62. The van der Waals surface area contributed by atoms with Crippen molar-refractivity contribution in [2.45, 2.75) is 51.8 Å². The quantitative estimate of drug-likeness (QED) is 0.535. The van der Waals surface area contributed by atoms with Crippen molar-refractivity contribution in [3.05, 3.63) is 65.2 Å². The standard InChI is InChI=1S/C24H30N2O4/c1-24(2,3)30-22(27)19-10-8-17(9-11-19)16-25-14-15-29-23(28)21-13-12-18-6-4-5-7-20(18)26-21/h4-11,21,25-26H,12-16H2,1-3H3. The van der Waals surface area contributed by atoms with E-state index in [4.69, 9.17) is 9.47 Å². The lowest BCUT2D eigenvalue weighted by Gasteiger charge is -2.25. The molecule has 0 spiro atoms. The Labute approximate surface area is 178 Å². The predicted molar refractivity (Wildman–Crippen MR) is 116 cm³/mol. The molecule has 0 radical (unpaired) electrons. The van der Waals surface area contributed by atoms with Crippen molar-refractivity contribution in [2.75, 3.05) is 18.5 Å². The van der Waals surface area contributed by atoms with Gasteiger partial charge in [-0.25, -0.2) is 9.59 Å². The van der Waals surface area contributed by atoms with Crippen molar-refractivity contribution in [1.82, 2.24) is 5.32 Å². The smallest absolute Gasteiger partial charge is 0.338 e. The highest BCUT2D eigenvalue weighted by Gasteiger charge is 2.24. The minimum atomic E-state index is -0.509. The van der Waals surface area contributed by atoms with Crippen LogP contribution in [0.5, 0.6) is 0 Å². The summed E-state index contributed by atoms with van der Waals surface area (Å²) in [6.45, 7) is 7.04.